The molecule has 2 aromatic carbocycles. The molecule has 0 fully saturated rings. The van der Waals surface area contributed by atoms with Crippen molar-refractivity contribution in [1.82, 2.24) is 0 Å². The van der Waals surface area contributed by atoms with Gasteiger partial charge in [0.05, 0.1) is 40.7 Å². The van der Waals surface area contributed by atoms with Gasteiger partial charge in [-0.15, -0.1) is 0 Å². The smallest absolute Gasteiger partial charge is 0.198 e. The van der Waals surface area contributed by atoms with E-state index >= 15 is 0 Å². The van der Waals surface area contributed by atoms with Crippen molar-refractivity contribution < 1.29 is 14.3 Å². The van der Waals surface area contributed by atoms with Crippen molar-refractivity contribution in [3.8, 4) is 5.75 Å². The van der Waals surface area contributed by atoms with Gasteiger partial charge in [-0.25, -0.2) is 0 Å². The topological polar surface area (TPSA) is 147 Å². The Labute approximate surface area is 139 Å². The van der Waals surface area contributed by atoms with Crippen molar-refractivity contribution in [3.63, 3.8) is 0 Å². The second-order valence-corrected chi connectivity index (χ2v) is 5.96. The van der Waals surface area contributed by atoms with Gasteiger partial charge in [-0.3, -0.25) is 9.59 Å². The minimum Gasteiger partial charge on any atom is -0.494 e. The second kappa shape index (κ2) is 4.88. The molecule has 0 saturated carbocycles. The van der Waals surface area contributed by atoms with Gasteiger partial charge in [0.1, 0.15) is 5.75 Å². The summed E-state index contributed by atoms with van der Waals surface area (Å²) < 4.78 is 5.53. The third-order valence-electron chi connectivity index (χ3n) is 3.84. The summed E-state index contributed by atoms with van der Waals surface area (Å²) in [4.78, 5) is 25.8. The van der Waals surface area contributed by atoms with Crippen LogP contribution in [0.4, 0.5) is 22.7 Å². The summed E-state index contributed by atoms with van der Waals surface area (Å²) in [6, 6.07) is 2.88. The molecule has 7 nitrogen and oxygen atoms in total. The van der Waals surface area contributed by atoms with E-state index in [1.807, 2.05) is 0 Å². The average Bonchev–Trinajstić information content (AvgIpc) is 2.50. The molecule has 1 aliphatic carbocycles. The summed E-state index contributed by atoms with van der Waals surface area (Å²) in [6.07, 6.45) is 0. The molecule has 0 aromatic heterocycles. The summed E-state index contributed by atoms with van der Waals surface area (Å²) in [5.41, 5.74) is 24.2. The van der Waals surface area contributed by atoms with E-state index in [9.17, 15) is 9.59 Å². The summed E-state index contributed by atoms with van der Waals surface area (Å²) in [6.45, 7) is 0. The van der Waals surface area contributed by atoms with Crippen LogP contribution in [0.25, 0.3) is 0 Å². The van der Waals surface area contributed by atoms with Crippen LogP contribution in [0, 0.1) is 0 Å². The third-order valence-corrected chi connectivity index (χ3v) is 4.49. The Morgan fingerprint density at radius 3 is 1.83 bits per heavy atom. The zero-order chi connectivity index (χ0) is 17.0. The van der Waals surface area contributed by atoms with Crippen LogP contribution < -0.4 is 27.7 Å². The Hall–Kier alpha value is -2.74. The molecule has 0 unspecified atom stereocenters. The molecule has 8 heteroatoms. The van der Waals surface area contributed by atoms with Gasteiger partial charge in [-0.1, -0.05) is 0 Å². The lowest BCUT2D eigenvalue weighted by Gasteiger charge is -2.24. The van der Waals surface area contributed by atoms with Gasteiger partial charge in [-0.05, 0) is 22.0 Å². The Morgan fingerprint density at radius 2 is 1.30 bits per heavy atom. The zero-order valence-corrected chi connectivity index (χ0v) is 13.7. The average molecular weight is 377 g/mol. The maximum absolute atomic E-state index is 12.9. The first kappa shape index (κ1) is 15.2. The summed E-state index contributed by atoms with van der Waals surface area (Å²) in [5.74, 6) is -0.782. The van der Waals surface area contributed by atoms with Gasteiger partial charge < -0.3 is 27.7 Å². The number of fused-ring (bicyclic) bond motifs is 2. The molecule has 0 heterocycles. The van der Waals surface area contributed by atoms with Crippen molar-refractivity contribution in [1.29, 1.82) is 0 Å². The fourth-order valence-corrected chi connectivity index (χ4v) is 3.20. The maximum atomic E-state index is 12.9. The summed E-state index contributed by atoms with van der Waals surface area (Å²) in [5, 5.41) is 0. The van der Waals surface area contributed by atoms with Crippen LogP contribution >= 0.6 is 15.9 Å². The largest absolute Gasteiger partial charge is 0.494 e. The van der Waals surface area contributed by atoms with Crippen LogP contribution in [0.15, 0.2) is 16.6 Å². The van der Waals surface area contributed by atoms with E-state index in [1.165, 1.54) is 19.2 Å². The number of carbonyl (C=O) groups excluding carboxylic acids is 2. The Morgan fingerprint density at radius 1 is 0.826 bits per heavy atom. The first-order chi connectivity index (χ1) is 10.8. The maximum Gasteiger partial charge on any atom is 0.198 e. The van der Waals surface area contributed by atoms with Gasteiger partial charge in [0.25, 0.3) is 0 Å². The lowest BCUT2D eigenvalue weighted by Crippen LogP contribution is -2.26. The van der Waals surface area contributed by atoms with E-state index in [1.54, 1.807) is 0 Å². The number of carbonyl (C=O) groups is 2. The van der Waals surface area contributed by atoms with Crippen LogP contribution in [0.5, 0.6) is 5.75 Å². The monoisotopic (exact) mass is 376 g/mol. The fourth-order valence-electron chi connectivity index (χ4n) is 2.76. The van der Waals surface area contributed by atoms with E-state index in [-0.39, 0.29) is 50.8 Å². The zero-order valence-electron chi connectivity index (χ0n) is 12.1. The minimum absolute atomic E-state index is 0.00669. The molecule has 0 aliphatic heterocycles. The fraction of sp³-hybridized carbons (Fsp3) is 0.0667. The lowest BCUT2D eigenvalue weighted by atomic mass is 9.80. The van der Waals surface area contributed by atoms with Crippen LogP contribution in [-0.2, 0) is 0 Å². The van der Waals surface area contributed by atoms with Crippen LogP contribution in [0.1, 0.15) is 31.8 Å². The SMILES string of the molecule is COc1cc(N)c2c(c1N)C(=O)c1c(N)cc(Br)c(N)c1C2=O. The third kappa shape index (κ3) is 1.88. The number of ketones is 2. The van der Waals surface area contributed by atoms with Crippen molar-refractivity contribution in [2.75, 3.05) is 30.0 Å². The predicted octanol–water partition coefficient (Wildman–Crippen LogP) is 1.56. The summed E-state index contributed by atoms with van der Waals surface area (Å²) in [7, 11) is 1.39. The van der Waals surface area contributed by atoms with Gasteiger partial charge >= 0.3 is 0 Å². The molecule has 118 valence electrons. The molecule has 0 radical (unpaired) electrons. The van der Waals surface area contributed by atoms with Crippen LogP contribution in [0.3, 0.4) is 0 Å². The Bertz CT molecular complexity index is 909. The number of nitrogen functional groups attached to an aromatic ring is 4. The number of benzene rings is 2. The number of methoxy groups -OCH3 is 1. The number of hydrogen-bond donors (Lipinski definition) is 4. The highest BCUT2D eigenvalue weighted by atomic mass is 79.9. The van der Waals surface area contributed by atoms with Crippen molar-refractivity contribution in [2.45, 2.75) is 0 Å². The number of anilines is 4. The molecule has 0 spiro atoms. The molecule has 1 aliphatic rings. The van der Waals surface area contributed by atoms with Crippen LogP contribution in [-0.4, -0.2) is 18.7 Å². The summed E-state index contributed by atoms with van der Waals surface area (Å²) >= 11 is 3.22. The van der Waals surface area contributed by atoms with E-state index in [2.05, 4.69) is 15.9 Å². The number of rotatable bonds is 1. The first-order valence-corrected chi connectivity index (χ1v) is 7.31. The van der Waals surface area contributed by atoms with E-state index in [0.717, 1.165) is 0 Å². The lowest BCUT2D eigenvalue weighted by molar-refractivity contribution is 0.0981. The highest BCUT2D eigenvalue weighted by molar-refractivity contribution is 9.10. The quantitative estimate of drug-likeness (QED) is 0.471. The van der Waals surface area contributed by atoms with Gasteiger partial charge in [0, 0.05) is 21.9 Å². The molecule has 8 N–H and O–H groups in total. The molecular formula is C15H13BrN4O3. The molecule has 2 aromatic rings. The number of hydrogen-bond acceptors (Lipinski definition) is 7. The molecule has 0 atom stereocenters. The van der Waals surface area contributed by atoms with Gasteiger partial charge in [-0.2, -0.15) is 0 Å². The highest BCUT2D eigenvalue weighted by Gasteiger charge is 2.37. The predicted molar refractivity (Wildman–Crippen MR) is 91.7 cm³/mol. The number of nitrogens with two attached hydrogens (primary N) is 4. The van der Waals surface area contributed by atoms with E-state index in [4.69, 9.17) is 27.7 Å². The van der Waals surface area contributed by atoms with Gasteiger partial charge in [0.15, 0.2) is 11.6 Å². The molecule has 0 amide bonds. The highest BCUT2D eigenvalue weighted by Crippen LogP contribution is 2.43. The minimum atomic E-state index is -0.505. The first-order valence-electron chi connectivity index (χ1n) is 6.52. The molecule has 0 saturated heterocycles. The molecule has 3 rings (SSSR count). The normalized spacial score (nSPS) is 12.8. The second-order valence-electron chi connectivity index (χ2n) is 5.10. The molecular weight excluding hydrogens is 364 g/mol. The van der Waals surface area contributed by atoms with Gasteiger partial charge in [0.2, 0.25) is 0 Å². The molecule has 0 bridgehead atoms. The standard InChI is InChI=1S/C15H13BrN4O3/c1-23-7-3-6(18)9-11(13(7)20)15(22)8-5(17)2-4(16)12(19)10(8)14(9)21/h2-3H,17-20H2,1H3. The number of ether oxygens (including phenoxy) is 1. The van der Waals surface area contributed by atoms with Crippen molar-refractivity contribution in [3.05, 3.63) is 38.9 Å². The van der Waals surface area contributed by atoms with Crippen LogP contribution in [0.2, 0.25) is 0 Å². The number of halogens is 1. The Kier molecular flexibility index (Phi) is 3.22. The van der Waals surface area contributed by atoms with E-state index < -0.39 is 11.6 Å². The van der Waals surface area contributed by atoms with Crippen molar-refractivity contribution >= 4 is 50.2 Å². The molecule has 23 heavy (non-hydrogen) atoms. The van der Waals surface area contributed by atoms with Crippen molar-refractivity contribution in [2.24, 2.45) is 0 Å². The Balaban J connectivity index is 2.46. The van der Waals surface area contributed by atoms with E-state index in [0.29, 0.717) is 4.47 Å².